The van der Waals surface area contributed by atoms with Crippen molar-refractivity contribution < 1.29 is 22.7 Å². The third-order valence-corrected chi connectivity index (χ3v) is 6.97. The number of rotatable bonds is 6. The lowest BCUT2D eigenvalue weighted by atomic mass is 9.97. The van der Waals surface area contributed by atoms with Gasteiger partial charge >= 0.3 is 0 Å². The molecule has 1 aromatic heterocycles. The lowest BCUT2D eigenvalue weighted by Gasteiger charge is -2.30. The molecule has 3 rings (SSSR count). The van der Waals surface area contributed by atoms with Gasteiger partial charge in [-0.2, -0.15) is 9.40 Å². The van der Waals surface area contributed by atoms with E-state index in [9.17, 15) is 13.2 Å². The Morgan fingerprint density at radius 3 is 2.34 bits per heavy atom. The van der Waals surface area contributed by atoms with E-state index in [-0.39, 0.29) is 29.8 Å². The second-order valence-electron chi connectivity index (χ2n) is 6.98. The fraction of sp³-hybridized carbons (Fsp3) is 0.474. The third kappa shape index (κ3) is 4.38. The highest BCUT2D eigenvalue weighted by Crippen LogP contribution is 2.32. The Morgan fingerprint density at radius 2 is 1.79 bits per heavy atom. The summed E-state index contributed by atoms with van der Waals surface area (Å²) in [4.78, 5) is 12.7. The van der Waals surface area contributed by atoms with Gasteiger partial charge in [0.2, 0.25) is 15.9 Å². The number of piperidine rings is 1. The molecule has 1 aromatic carbocycles. The molecule has 1 saturated heterocycles. The SMILES string of the molecule is COc1ccc(S(=O)(=O)N2CCC(C(=O)Nc3cc(C)nn3C)CC2)cc1OC. The fourth-order valence-electron chi connectivity index (χ4n) is 3.44. The highest BCUT2D eigenvalue weighted by atomic mass is 32.2. The Bertz CT molecular complexity index is 994. The summed E-state index contributed by atoms with van der Waals surface area (Å²) >= 11 is 0. The molecule has 0 aliphatic carbocycles. The first kappa shape index (κ1) is 21.1. The molecule has 0 spiro atoms. The number of carbonyl (C=O) groups excluding carboxylic acids is 1. The normalized spacial score (nSPS) is 15.9. The van der Waals surface area contributed by atoms with Crippen molar-refractivity contribution in [3.63, 3.8) is 0 Å². The first-order valence-electron chi connectivity index (χ1n) is 9.30. The molecule has 2 heterocycles. The van der Waals surface area contributed by atoms with E-state index in [2.05, 4.69) is 10.4 Å². The van der Waals surface area contributed by atoms with Crippen LogP contribution in [0.3, 0.4) is 0 Å². The Kier molecular flexibility index (Phi) is 6.13. The molecule has 10 heteroatoms. The zero-order valence-corrected chi connectivity index (χ0v) is 17.8. The van der Waals surface area contributed by atoms with E-state index in [1.807, 2.05) is 6.92 Å². The molecule has 9 nitrogen and oxygen atoms in total. The summed E-state index contributed by atoms with van der Waals surface area (Å²) in [6.07, 6.45) is 0.907. The van der Waals surface area contributed by atoms with Crippen LogP contribution in [0.4, 0.5) is 5.82 Å². The van der Waals surface area contributed by atoms with Gasteiger partial charge in [-0.1, -0.05) is 0 Å². The molecule has 1 fully saturated rings. The lowest BCUT2D eigenvalue weighted by molar-refractivity contribution is -0.121. The van der Waals surface area contributed by atoms with Crippen LogP contribution in [0.25, 0.3) is 0 Å². The second kappa shape index (κ2) is 8.42. The molecule has 1 aliphatic heterocycles. The number of aromatic nitrogens is 2. The summed E-state index contributed by atoms with van der Waals surface area (Å²) in [6, 6.07) is 6.33. The van der Waals surface area contributed by atoms with Crippen LogP contribution in [0.15, 0.2) is 29.2 Å². The fourth-order valence-corrected chi connectivity index (χ4v) is 4.93. The van der Waals surface area contributed by atoms with E-state index in [0.717, 1.165) is 5.69 Å². The van der Waals surface area contributed by atoms with Gasteiger partial charge in [0.1, 0.15) is 5.82 Å². The molecule has 0 unspecified atom stereocenters. The first-order chi connectivity index (χ1) is 13.8. The Hall–Kier alpha value is -2.59. The number of carbonyl (C=O) groups is 1. The minimum Gasteiger partial charge on any atom is -0.493 e. The van der Waals surface area contributed by atoms with Gasteiger partial charge in [-0.3, -0.25) is 9.48 Å². The first-order valence-corrected chi connectivity index (χ1v) is 10.7. The Morgan fingerprint density at radius 1 is 1.14 bits per heavy atom. The van der Waals surface area contributed by atoms with Crippen LogP contribution >= 0.6 is 0 Å². The number of sulfonamides is 1. The molecule has 158 valence electrons. The molecule has 0 atom stereocenters. The zero-order valence-electron chi connectivity index (χ0n) is 17.0. The number of hydrogen-bond acceptors (Lipinski definition) is 6. The van der Waals surface area contributed by atoms with Gasteiger partial charge in [0.05, 0.1) is 24.8 Å². The minimum absolute atomic E-state index is 0.115. The summed E-state index contributed by atoms with van der Waals surface area (Å²) in [5.74, 6) is 1.09. The molecule has 0 saturated carbocycles. The number of nitrogens with zero attached hydrogens (tertiary/aromatic N) is 3. The van der Waals surface area contributed by atoms with Crippen LogP contribution in [0.2, 0.25) is 0 Å². The number of methoxy groups -OCH3 is 2. The lowest BCUT2D eigenvalue weighted by Crippen LogP contribution is -2.41. The maximum Gasteiger partial charge on any atom is 0.243 e. The maximum absolute atomic E-state index is 13.0. The van der Waals surface area contributed by atoms with Gasteiger partial charge in [0.25, 0.3) is 0 Å². The van der Waals surface area contributed by atoms with Crippen molar-refractivity contribution in [2.45, 2.75) is 24.7 Å². The Balaban J connectivity index is 1.66. The smallest absolute Gasteiger partial charge is 0.243 e. The van der Waals surface area contributed by atoms with Gasteiger partial charge < -0.3 is 14.8 Å². The largest absolute Gasteiger partial charge is 0.493 e. The molecular formula is C19H26N4O5S. The number of hydrogen-bond donors (Lipinski definition) is 1. The van der Waals surface area contributed by atoms with Crippen molar-refractivity contribution >= 4 is 21.7 Å². The van der Waals surface area contributed by atoms with Crippen LogP contribution in [0.5, 0.6) is 11.5 Å². The van der Waals surface area contributed by atoms with E-state index in [1.165, 1.54) is 30.7 Å². The molecule has 2 aromatic rings. The molecule has 0 radical (unpaired) electrons. The summed E-state index contributed by atoms with van der Waals surface area (Å²) in [6.45, 7) is 2.41. The predicted molar refractivity (Wildman–Crippen MR) is 108 cm³/mol. The second-order valence-corrected chi connectivity index (χ2v) is 8.92. The molecule has 1 N–H and O–H groups in total. The number of aryl methyl sites for hydroxylation is 2. The van der Waals surface area contributed by atoms with Crippen molar-refractivity contribution in [2.75, 3.05) is 32.6 Å². The zero-order chi connectivity index (χ0) is 21.2. The highest BCUT2D eigenvalue weighted by Gasteiger charge is 2.32. The van der Waals surface area contributed by atoms with Gasteiger partial charge in [0, 0.05) is 38.2 Å². The predicted octanol–water partition coefficient (Wildman–Crippen LogP) is 1.79. The van der Waals surface area contributed by atoms with Gasteiger partial charge in [-0.25, -0.2) is 8.42 Å². The van der Waals surface area contributed by atoms with Crippen molar-refractivity contribution in [1.29, 1.82) is 0 Å². The summed E-state index contributed by atoms with van der Waals surface area (Å²) in [5, 5.41) is 7.09. The maximum atomic E-state index is 13.0. The number of ether oxygens (including phenoxy) is 2. The quantitative estimate of drug-likeness (QED) is 0.761. The number of benzene rings is 1. The van der Waals surface area contributed by atoms with Crippen LogP contribution in [0, 0.1) is 12.8 Å². The van der Waals surface area contributed by atoms with Crippen LogP contribution in [0.1, 0.15) is 18.5 Å². The molecular weight excluding hydrogens is 396 g/mol. The monoisotopic (exact) mass is 422 g/mol. The van der Waals surface area contributed by atoms with Crippen molar-refractivity contribution in [2.24, 2.45) is 13.0 Å². The standard InChI is InChI=1S/C19H26N4O5S/c1-13-11-18(22(2)21-13)20-19(24)14-7-9-23(10-8-14)29(25,26)15-5-6-16(27-3)17(12-15)28-4/h5-6,11-12,14H,7-10H2,1-4H3,(H,20,24). The summed E-state index contributed by atoms with van der Waals surface area (Å²) in [7, 11) is 1.04. The van der Waals surface area contributed by atoms with E-state index in [1.54, 1.807) is 23.9 Å². The summed E-state index contributed by atoms with van der Waals surface area (Å²) < 4.78 is 39.4. The topological polar surface area (TPSA) is 103 Å². The van der Waals surface area contributed by atoms with Crippen molar-refractivity contribution in [3.8, 4) is 11.5 Å². The molecule has 29 heavy (non-hydrogen) atoms. The number of anilines is 1. The Labute approximate surface area is 170 Å². The minimum atomic E-state index is -3.68. The van der Waals surface area contributed by atoms with E-state index in [4.69, 9.17) is 9.47 Å². The average molecular weight is 423 g/mol. The van der Waals surface area contributed by atoms with E-state index < -0.39 is 10.0 Å². The molecule has 1 amide bonds. The van der Waals surface area contributed by atoms with Crippen LogP contribution in [-0.2, 0) is 21.9 Å². The number of nitrogens with one attached hydrogen (secondary N) is 1. The van der Waals surface area contributed by atoms with Gasteiger partial charge in [-0.05, 0) is 31.9 Å². The average Bonchev–Trinajstić information content (AvgIpc) is 3.03. The van der Waals surface area contributed by atoms with Crippen LogP contribution < -0.4 is 14.8 Å². The molecule has 0 bridgehead atoms. The van der Waals surface area contributed by atoms with Gasteiger partial charge in [0.15, 0.2) is 11.5 Å². The molecule has 1 aliphatic rings. The van der Waals surface area contributed by atoms with Crippen molar-refractivity contribution in [1.82, 2.24) is 14.1 Å². The van der Waals surface area contributed by atoms with Crippen molar-refractivity contribution in [3.05, 3.63) is 30.0 Å². The third-order valence-electron chi connectivity index (χ3n) is 5.07. The van der Waals surface area contributed by atoms with Crippen LogP contribution in [-0.4, -0.2) is 55.7 Å². The van der Waals surface area contributed by atoms with Gasteiger partial charge in [-0.15, -0.1) is 0 Å². The highest BCUT2D eigenvalue weighted by molar-refractivity contribution is 7.89. The van der Waals surface area contributed by atoms with E-state index in [0.29, 0.717) is 30.2 Å². The summed E-state index contributed by atoms with van der Waals surface area (Å²) in [5.41, 5.74) is 0.818. The number of amides is 1. The van der Waals surface area contributed by atoms with E-state index >= 15 is 0 Å².